The van der Waals surface area contributed by atoms with E-state index in [4.69, 9.17) is 4.74 Å². The van der Waals surface area contributed by atoms with E-state index in [1.807, 2.05) is 12.1 Å². The van der Waals surface area contributed by atoms with E-state index in [9.17, 15) is 4.79 Å². The molecule has 0 aliphatic heterocycles. The van der Waals surface area contributed by atoms with Gasteiger partial charge in [-0.3, -0.25) is 4.79 Å². The van der Waals surface area contributed by atoms with Crippen molar-refractivity contribution in [3.05, 3.63) is 34.9 Å². The molecule has 0 radical (unpaired) electrons. The Morgan fingerprint density at radius 1 is 1.09 bits per heavy atom. The number of carbonyl (C=O) groups is 1. The zero-order valence-electron chi connectivity index (χ0n) is 14.9. The highest BCUT2D eigenvalue weighted by Gasteiger charge is 2.61. The Morgan fingerprint density at radius 2 is 1.68 bits per heavy atom. The van der Waals surface area contributed by atoms with Crippen LogP contribution in [0, 0.1) is 30.6 Å². The predicted octanol–water partition coefficient (Wildman–Crippen LogP) is 4.97. The van der Waals surface area contributed by atoms with Gasteiger partial charge in [0, 0.05) is 16.4 Å². The Balaban J connectivity index is 2.40. The maximum absolute atomic E-state index is 10.7. The number of ether oxygens (including phenoxy) is 1. The lowest BCUT2D eigenvalue weighted by molar-refractivity contribution is -0.190. The Hall–Kier alpha value is -1.57. The maximum Gasteiger partial charge on any atom is 0.142 e. The lowest BCUT2D eigenvalue weighted by atomic mass is 9.46. The fourth-order valence-electron chi connectivity index (χ4n) is 3.96. The first-order valence-electron chi connectivity index (χ1n) is 8.02. The minimum Gasteiger partial charge on any atom is -0.489 e. The van der Waals surface area contributed by atoms with Crippen LogP contribution in [0.1, 0.15) is 51.3 Å². The second-order valence-corrected chi connectivity index (χ2v) is 7.78. The summed E-state index contributed by atoms with van der Waals surface area (Å²) in [5.41, 5.74) is 3.68. The van der Waals surface area contributed by atoms with Gasteiger partial charge in [-0.25, -0.2) is 0 Å². The fourth-order valence-corrected chi connectivity index (χ4v) is 3.96. The molecule has 2 nitrogen and oxygen atoms in total. The minimum absolute atomic E-state index is 0.147. The zero-order chi connectivity index (χ0) is 16.7. The van der Waals surface area contributed by atoms with Crippen molar-refractivity contribution in [1.29, 1.82) is 0 Å². The number of carbonyl (C=O) groups excluding carboxylic acids is 1. The van der Waals surface area contributed by atoms with Crippen molar-refractivity contribution >= 4 is 12.4 Å². The number of rotatable bonds is 4. The predicted molar refractivity (Wildman–Crippen MR) is 92.2 cm³/mol. The summed E-state index contributed by atoms with van der Waals surface area (Å²) in [6.07, 6.45) is 4.37. The summed E-state index contributed by atoms with van der Waals surface area (Å²) in [6.45, 7) is 15.5. The first kappa shape index (κ1) is 16.8. The topological polar surface area (TPSA) is 26.3 Å². The largest absolute Gasteiger partial charge is 0.489 e. The highest BCUT2D eigenvalue weighted by Crippen LogP contribution is 2.60. The van der Waals surface area contributed by atoms with E-state index >= 15 is 0 Å². The molecule has 0 heterocycles. The van der Waals surface area contributed by atoms with Gasteiger partial charge in [0.2, 0.25) is 0 Å². The van der Waals surface area contributed by atoms with Gasteiger partial charge in [-0.2, -0.15) is 0 Å². The van der Waals surface area contributed by atoms with E-state index in [1.54, 1.807) is 0 Å². The quantitative estimate of drug-likeness (QED) is 0.580. The molecule has 0 unspecified atom stereocenters. The van der Waals surface area contributed by atoms with Crippen molar-refractivity contribution in [3.8, 4) is 5.75 Å². The Morgan fingerprint density at radius 3 is 2.23 bits per heavy atom. The van der Waals surface area contributed by atoms with Crippen molar-refractivity contribution in [2.75, 3.05) is 0 Å². The molecule has 0 aromatic heterocycles. The van der Waals surface area contributed by atoms with Gasteiger partial charge >= 0.3 is 0 Å². The van der Waals surface area contributed by atoms with Gasteiger partial charge in [-0.05, 0) is 49.1 Å². The molecule has 0 saturated heterocycles. The number of hydrogen-bond donors (Lipinski definition) is 0. The van der Waals surface area contributed by atoms with Gasteiger partial charge < -0.3 is 4.74 Å². The number of aldehydes is 1. The second kappa shape index (κ2) is 5.57. The van der Waals surface area contributed by atoms with Crippen LogP contribution in [-0.4, -0.2) is 12.4 Å². The summed E-state index contributed by atoms with van der Waals surface area (Å²) in [7, 11) is 0. The Bertz CT molecular complexity index is 592. The Labute approximate surface area is 134 Å². The first-order valence-corrected chi connectivity index (χ1v) is 8.02. The molecule has 1 aliphatic carbocycles. The number of benzene rings is 1. The fraction of sp³-hybridized carbons (Fsp3) is 0.550. The van der Waals surface area contributed by atoms with Crippen LogP contribution in [-0.2, 0) is 4.79 Å². The lowest BCUT2D eigenvalue weighted by Gasteiger charge is -2.62. The number of hydrogen-bond acceptors (Lipinski definition) is 2. The molecule has 1 saturated carbocycles. The van der Waals surface area contributed by atoms with E-state index < -0.39 is 0 Å². The molecule has 22 heavy (non-hydrogen) atoms. The van der Waals surface area contributed by atoms with Crippen LogP contribution in [0.4, 0.5) is 0 Å². The maximum atomic E-state index is 10.7. The van der Waals surface area contributed by atoms with E-state index in [2.05, 4.69) is 54.5 Å². The van der Waals surface area contributed by atoms with Crippen LogP contribution in [0.3, 0.4) is 0 Å². The van der Waals surface area contributed by atoms with Crippen molar-refractivity contribution in [2.24, 2.45) is 16.7 Å². The Kier molecular flexibility index (Phi) is 4.25. The molecule has 1 aliphatic rings. The summed E-state index contributed by atoms with van der Waals surface area (Å²) in [5.74, 6) is 1.48. The van der Waals surface area contributed by atoms with E-state index in [1.165, 1.54) is 17.2 Å². The molecule has 0 bridgehead atoms. The molecule has 0 amide bonds. The van der Waals surface area contributed by atoms with Gasteiger partial charge in [-0.1, -0.05) is 40.7 Å². The van der Waals surface area contributed by atoms with Crippen molar-refractivity contribution < 1.29 is 9.53 Å². The summed E-state index contributed by atoms with van der Waals surface area (Å²) in [6, 6.07) is 4.12. The normalized spacial score (nSPS) is 25.8. The van der Waals surface area contributed by atoms with Gasteiger partial charge in [-0.15, -0.1) is 0 Å². The molecule has 0 spiro atoms. The molecular formula is C20H28O2. The number of aryl methyl sites for hydroxylation is 1. The number of allylic oxidation sites excluding steroid dienone is 1. The summed E-state index contributed by atoms with van der Waals surface area (Å²) < 4.78 is 6.45. The molecule has 0 N–H and O–H groups in total. The monoisotopic (exact) mass is 300 g/mol. The third-order valence-electron chi connectivity index (χ3n) is 5.92. The molecule has 2 heteroatoms. The zero-order valence-corrected chi connectivity index (χ0v) is 14.9. The molecule has 1 fully saturated rings. The van der Waals surface area contributed by atoms with Crippen LogP contribution in [0.25, 0.3) is 6.08 Å². The third-order valence-corrected chi connectivity index (χ3v) is 5.92. The van der Waals surface area contributed by atoms with Gasteiger partial charge in [0.15, 0.2) is 0 Å². The first-order chi connectivity index (χ1) is 10.1. The SMILES string of the molecule is Cc1ccc(OC2C(C)(C)C(C)C2(C)C)c(/C=C\C=O)c1C. The molecule has 1 aromatic rings. The van der Waals surface area contributed by atoms with Crippen LogP contribution >= 0.6 is 0 Å². The van der Waals surface area contributed by atoms with Crippen molar-refractivity contribution in [1.82, 2.24) is 0 Å². The van der Waals surface area contributed by atoms with Crippen LogP contribution in [0.2, 0.25) is 0 Å². The molecule has 0 atom stereocenters. The summed E-state index contributed by atoms with van der Waals surface area (Å²) in [4.78, 5) is 10.7. The van der Waals surface area contributed by atoms with Crippen LogP contribution in [0.15, 0.2) is 18.2 Å². The lowest BCUT2D eigenvalue weighted by Crippen LogP contribution is -2.64. The second-order valence-electron chi connectivity index (χ2n) is 7.78. The van der Waals surface area contributed by atoms with E-state index in [-0.39, 0.29) is 16.9 Å². The van der Waals surface area contributed by atoms with Crippen molar-refractivity contribution in [3.63, 3.8) is 0 Å². The van der Waals surface area contributed by atoms with E-state index in [0.717, 1.165) is 17.6 Å². The smallest absolute Gasteiger partial charge is 0.142 e. The average Bonchev–Trinajstić information content (AvgIpc) is 2.46. The van der Waals surface area contributed by atoms with Gasteiger partial charge in [0.05, 0.1) is 0 Å². The van der Waals surface area contributed by atoms with Crippen molar-refractivity contribution in [2.45, 2.75) is 54.6 Å². The molecule has 120 valence electrons. The summed E-state index contributed by atoms with van der Waals surface area (Å²) in [5, 5.41) is 0. The van der Waals surface area contributed by atoms with Gasteiger partial charge in [0.25, 0.3) is 0 Å². The molecule has 1 aromatic carbocycles. The standard InChI is InChI=1S/C20H28O2/c1-13-10-11-17(16(14(13)2)9-8-12-21)22-18-19(4,5)15(3)20(18,6)7/h8-12,15,18H,1-7H3/b9-8-. The summed E-state index contributed by atoms with van der Waals surface area (Å²) >= 11 is 0. The van der Waals surface area contributed by atoms with E-state index in [0.29, 0.717) is 5.92 Å². The van der Waals surface area contributed by atoms with Crippen LogP contribution in [0.5, 0.6) is 5.75 Å². The minimum atomic E-state index is 0.147. The average molecular weight is 300 g/mol. The van der Waals surface area contributed by atoms with Crippen LogP contribution < -0.4 is 4.74 Å². The van der Waals surface area contributed by atoms with Gasteiger partial charge in [0.1, 0.15) is 18.1 Å². The molecule has 2 rings (SSSR count). The highest BCUT2D eigenvalue weighted by atomic mass is 16.5. The molecular weight excluding hydrogens is 272 g/mol. The third kappa shape index (κ3) is 2.49. The highest BCUT2D eigenvalue weighted by molar-refractivity contribution is 5.76.